The molecule has 0 N–H and O–H groups in total. The molecule has 6 heteroatoms. The number of rotatable bonds is 3. The summed E-state index contributed by atoms with van der Waals surface area (Å²) in [7, 11) is -2.16. The van der Waals surface area contributed by atoms with Crippen molar-refractivity contribution in [3.8, 4) is 0 Å². The summed E-state index contributed by atoms with van der Waals surface area (Å²) < 4.78 is 32.0. The van der Waals surface area contributed by atoms with Crippen molar-refractivity contribution in [1.29, 1.82) is 0 Å². The number of carbonyl (C=O) groups is 1. The molecule has 1 heterocycles. The van der Waals surface area contributed by atoms with Crippen LogP contribution in [0.2, 0.25) is 0 Å². The summed E-state index contributed by atoms with van der Waals surface area (Å²) in [4.78, 5) is 12.1. The van der Waals surface area contributed by atoms with Crippen molar-refractivity contribution in [2.24, 2.45) is 5.92 Å². The van der Waals surface area contributed by atoms with Crippen molar-refractivity contribution in [2.45, 2.75) is 25.2 Å². The van der Waals surface area contributed by atoms with Gasteiger partial charge in [-0.15, -0.1) is 0 Å². The van der Waals surface area contributed by atoms with E-state index in [-0.39, 0.29) is 11.9 Å². The van der Waals surface area contributed by atoms with E-state index >= 15 is 0 Å². The van der Waals surface area contributed by atoms with E-state index in [0.717, 1.165) is 16.7 Å². The number of methoxy groups -OCH3 is 1. The molecule has 1 aromatic rings. The highest BCUT2D eigenvalue weighted by Crippen LogP contribution is 2.37. The number of sulfonamides is 1. The molecule has 5 nitrogen and oxygen atoms in total. The lowest BCUT2D eigenvalue weighted by atomic mass is 9.85. The van der Waals surface area contributed by atoms with Gasteiger partial charge in [0.05, 0.1) is 12.0 Å². The summed E-state index contributed by atoms with van der Waals surface area (Å²) in [5, 5.41) is 0. The Morgan fingerprint density at radius 2 is 1.88 bits per heavy atom. The van der Waals surface area contributed by atoms with Crippen LogP contribution < -0.4 is 0 Å². The van der Waals surface area contributed by atoms with Crippen LogP contribution in [0.25, 0.3) is 0 Å². The van der Waals surface area contributed by atoms with Gasteiger partial charge in [-0.25, -0.2) is 13.2 Å². The zero-order valence-corrected chi connectivity index (χ0v) is 14.9. The predicted molar refractivity (Wildman–Crippen MR) is 90.8 cm³/mol. The maximum Gasteiger partial charge on any atom is 0.333 e. The van der Waals surface area contributed by atoms with Crippen LogP contribution in [-0.4, -0.2) is 38.9 Å². The molecule has 0 amide bonds. The first-order valence-electron chi connectivity index (χ1n) is 7.88. The van der Waals surface area contributed by atoms with Crippen molar-refractivity contribution in [2.75, 3.05) is 20.2 Å². The van der Waals surface area contributed by atoms with Crippen LogP contribution in [0.1, 0.15) is 18.9 Å². The standard InChI is InChI=1S/C18H21NO4S/c1-12-4-6-16(7-5-12)24(21,22)19-10-15-9-14(18(20)23-3)8-13(2)17(15)11-19/h4-8,15H,9-11H2,1-3H3/t15-/m0/s1. The number of nitrogens with zero attached hydrogens (tertiary/aromatic N) is 1. The summed E-state index contributed by atoms with van der Waals surface area (Å²) in [5.74, 6) is -0.294. The molecule has 2 aliphatic rings. The highest BCUT2D eigenvalue weighted by atomic mass is 32.2. The molecule has 1 aromatic carbocycles. The Labute approximate surface area is 142 Å². The fraction of sp³-hybridized carbons (Fsp3) is 0.389. The Balaban J connectivity index is 1.86. The Bertz CT molecular complexity index is 834. The first kappa shape index (κ1) is 16.9. The second kappa shape index (κ2) is 6.18. The minimum absolute atomic E-state index is 0.0457. The van der Waals surface area contributed by atoms with Crippen molar-refractivity contribution < 1.29 is 17.9 Å². The van der Waals surface area contributed by atoms with Crippen molar-refractivity contribution >= 4 is 16.0 Å². The number of esters is 1. The summed E-state index contributed by atoms with van der Waals surface area (Å²) in [6, 6.07) is 6.90. The first-order chi connectivity index (χ1) is 11.3. The zero-order valence-electron chi connectivity index (χ0n) is 14.1. The van der Waals surface area contributed by atoms with Gasteiger partial charge in [-0.1, -0.05) is 17.7 Å². The van der Waals surface area contributed by atoms with Gasteiger partial charge in [0.2, 0.25) is 10.0 Å². The van der Waals surface area contributed by atoms with E-state index in [1.54, 1.807) is 24.3 Å². The molecule has 1 saturated heterocycles. The minimum atomic E-state index is -3.52. The molecule has 0 unspecified atom stereocenters. The van der Waals surface area contributed by atoms with Crippen LogP contribution >= 0.6 is 0 Å². The van der Waals surface area contributed by atoms with E-state index in [1.807, 2.05) is 19.9 Å². The number of allylic oxidation sites excluding steroid dienone is 2. The third kappa shape index (κ3) is 2.91. The maximum atomic E-state index is 12.9. The third-order valence-electron chi connectivity index (χ3n) is 4.73. The lowest BCUT2D eigenvalue weighted by molar-refractivity contribution is -0.136. The van der Waals surface area contributed by atoms with Gasteiger partial charge >= 0.3 is 5.97 Å². The van der Waals surface area contributed by atoms with E-state index in [2.05, 4.69) is 0 Å². The second-order valence-corrected chi connectivity index (χ2v) is 8.32. The molecule has 1 fully saturated rings. The van der Waals surface area contributed by atoms with E-state index in [4.69, 9.17) is 4.74 Å². The molecule has 0 aromatic heterocycles. The van der Waals surface area contributed by atoms with E-state index < -0.39 is 10.0 Å². The van der Waals surface area contributed by atoms with Crippen LogP contribution in [-0.2, 0) is 19.6 Å². The molecule has 0 radical (unpaired) electrons. The van der Waals surface area contributed by atoms with Crippen molar-refractivity contribution in [3.05, 3.63) is 52.6 Å². The van der Waals surface area contributed by atoms with Crippen LogP contribution in [0.4, 0.5) is 0 Å². The SMILES string of the molecule is COC(=O)C1=CC(C)=C2CN(S(=O)(=O)c3ccc(C)cc3)C[C@@H]2C1. The number of benzene rings is 1. The number of hydrogen-bond acceptors (Lipinski definition) is 4. The molecular formula is C18H21NO4S. The van der Waals surface area contributed by atoms with Crippen LogP contribution in [0.5, 0.6) is 0 Å². The average Bonchev–Trinajstić information content (AvgIpc) is 3.00. The molecule has 3 rings (SSSR count). The molecule has 1 aliphatic carbocycles. The van der Waals surface area contributed by atoms with Gasteiger partial charge in [-0.05, 0) is 55.5 Å². The summed E-state index contributed by atoms with van der Waals surface area (Å²) >= 11 is 0. The molecule has 0 saturated carbocycles. The van der Waals surface area contributed by atoms with E-state index in [0.29, 0.717) is 30.0 Å². The van der Waals surface area contributed by atoms with Crippen LogP contribution in [0.3, 0.4) is 0 Å². The number of fused-ring (bicyclic) bond motifs is 1. The van der Waals surface area contributed by atoms with E-state index in [1.165, 1.54) is 11.4 Å². The smallest absolute Gasteiger partial charge is 0.333 e. The lowest BCUT2D eigenvalue weighted by Gasteiger charge is -2.19. The minimum Gasteiger partial charge on any atom is -0.466 e. The molecule has 0 spiro atoms. The van der Waals surface area contributed by atoms with Crippen molar-refractivity contribution in [1.82, 2.24) is 4.31 Å². The lowest BCUT2D eigenvalue weighted by Crippen LogP contribution is -2.29. The van der Waals surface area contributed by atoms with Gasteiger partial charge < -0.3 is 4.74 Å². The molecule has 1 atom stereocenters. The second-order valence-electron chi connectivity index (χ2n) is 6.38. The largest absolute Gasteiger partial charge is 0.466 e. The van der Waals surface area contributed by atoms with Crippen molar-refractivity contribution in [3.63, 3.8) is 0 Å². The number of aryl methyl sites for hydroxylation is 1. The van der Waals surface area contributed by atoms with Gasteiger partial charge in [0.1, 0.15) is 0 Å². The summed E-state index contributed by atoms with van der Waals surface area (Å²) in [6.07, 6.45) is 2.35. The van der Waals surface area contributed by atoms with Gasteiger partial charge in [0, 0.05) is 18.7 Å². The third-order valence-corrected chi connectivity index (χ3v) is 6.56. The van der Waals surface area contributed by atoms with Gasteiger partial charge in [0.25, 0.3) is 0 Å². The fourth-order valence-corrected chi connectivity index (χ4v) is 4.83. The molecule has 0 bridgehead atoms. The molecule has 1 aliphatic heterocycles. The van der Waals surface area contributed by atoms with Gasteiger partial charge in [0.15, 0.2) is 0 Å². The Hall–Kier alpha value is -1.92. The topological polar surface area (TPSA) is 63.7 Å². The van der Waals surface area contributed by atoms with Gasteiger partial charge in [-0.2, -0.15) is 4.31 Å². The molecular weight excluding hydrogens is 326 g/mol. The Morgan fingerprint density at radius 1 is 1.21 bits per heavy atom. The van der Waals surface area contributed by atoms with Crippen LogP contribution in [0, 0.1) is 12.8 Å². The number of ether oxygens (including phenoxy) is 1. The van der Waals surface area contributed by atoms with Crippen LogP contribution in [0.15, 0.2) is 52.0 Å². The van der Waals surface area contributed by atoms with Gasteiger partial charge in [-0.3, -0.25) is 0 Å². The highest BCUT2D eigenvalue weighted by Gasteiger charge is 2.39. The Kier molecular flexibility index (Phi) is 4.36. The molecule has 128 valence electrons. The normalized spacial score (nSPS) is 21.5. The predicted octanol–water partition coefficient (Wildman–Crippen LogP) is 2.44. The Morgan fingerprint density at radius 3 is 2.50 bits per heavy atom. The average molecular weight is 347 g/mol. The number of hydrogen-bond donors (Lipinski definition) is 0. The fourth-order valence-electron chi connectivity index (χ4n) is 3.37. The first-order valence-corrected chi connectivity index (χ1v) is 9.32. The molecule has 24 heavy (non-hydrogen) atoms. The van der Waals surface area contributed by atoms with E-state index in [9.17, 15) is 13.2 Å². The monoisotopic (exact) mass is 347 g/mol. The highest BCUT2D eigenvalue weighted by molar-refractivity contribution is 7.89. The quantitative estimate of drug-likeness (QED) is 0.788. The zero-order chi connectivity index (χ0) is 17.5. The maximum absolute atomic E-state index is 12.9. The summed E-state index contributed by atoms with van der Waals surface area (Å²) in [5.41, 5.74) is 3.69. The summed E-state index contributed by atoms with van der Waals surface area (Å²) in [6.45, 7) is 4.64. The number of carbonyl (C=O) groups excluding carboxylic acids is 1.